The monoisotopic (exact) mass is 441 g/mol. The third kappa shape index (κ3) is 6.53. The Bertz CT molecular complexity index is 619. The molecule has 0 aliphatic carbocycles. The third-order valence-electron chi connectivity index (χ3n) is 7.29. The summed E-state index contributed by atoms with van der Waals surface area (Å²) in [6, 6.07) is 0. The van der Waals surface area contributed by atoms with Crippen LogP contribution >= 0.6 is 0 Å². The molecule has 1 aliphatic heterocycles. The summed E-state index contributed by atoms with van der Waals surface area (Å²) in [6.07, 6.45) is -0.553. The molecule has 0 saturated carbocycles. The highest BCUT2D eigenvalue weighted by molar-refractivity contribution is 5.89. The Balaban J connectivity index is 3.51. The van der Waals surface area contributed by atoms with E-state index < -0.39 is 29.5 Å². The van der Waals surface area contributed by atoms with Crippen molar-refractivity contribution in [2.45, 2.75) is 104 Å². The minimum atomic E-state index is -1.52. The Morgan fingerprint density at radius 1 is 1.10 bits per heavy atom. The molecule has 1 rings (SSSR count). The zero-order valence-corrected chi connectivity index (χ0v) is 21.2. The second kappa shape index (κ2) is 11.3. The molecule has 0 spiro atoms. The highest BCUT2D eigenvalue weighted by Crippen LogP contribution is 2.37. The molecule has 0 radical (unpaired) electrons. The van der Waals surface area contributed by atoms with Gasteiger partial charge in [-0.1, -0.05) is 41.2 Å². The maximum Gasteiger partial charge on any atom is 0.129 e. The molecule has 0 amide bonds. The standard InChI is InChI=1S/C25H47NO5/c1-11-20-25(9,29)23(28)18(6)21(26-12-2)15(3)13-24(8,30-10)14-16(4)22(27)17(5)19(7)31-20/h15-18,20,22-23,27-29H,7,11-14H2,1-6,8-10H3/t15-,16-,17?,18?,20-,22+,23?,24-,25-/m1/s1. The van der Waals surface area contributed by atoms with Gasteiger partial charge in [-0.15, -0.1) is 0 Å². The Hall–Kier alpha value is -0.950. The van der Waals surface area contributed by atoms with E-state index in [1.54, 1.807) is 14.0 Å². The smallest absolute Gasteiger partial charge is 0.129 e. The van der Waals surface area contributed by atoms with E-state index >= 15 is 0 Å². The highest BCUT2D eigenvalue weighted by atomic mass is 16.5. The topological polar surface area (TPSA) is 91.5 Å². The van der Waals surface area contributed by atoms with Gasteiger partial charge in [0.05, 0.1) is 23.6 Å². The van der Waals surface area contributed by atoms with Crippen molar-refractivity contribution in [1.82, 2.24) is 0 Å². The first-order chi connectivity index (χ1) is 14.3. The summed E-state index contributed by atoms with van der Waals surface area (Å²) in [4.78, 5) is 4.73. The second-order valence-electron chi connectivity index (χ2n) is 10.1. The average molecular weight is 442 g/mol. The molecule has 31 heavy (non-hydrogen) atoms. The molecule has 3 N–H and O–H groups in total. The lowest BCUT2D eigenvalue weighted by Gasteiger charge is -2.43. The van der Waals surface area contributed by atoms with Crippen LogP contribution in [0.25, 0.3) is 0 Å². The van der Waals surface area contributed by atoms with E-state index in [-0.39, 0.29) is 23.7 Å². The molecule has 0 aromatic rings. The number of methoxy groups -OCH3 is 1. The van der Waals surface area contributed by atoms with E-state index in [2.05, 4.69) is 20.4 Å². The van der Waals surface area contributed by atoms with Gasteiger partial charge in [-0.05, 0) is 51.9 Å². The summed E-state index contributed by atoms with van der Waals surface area (Å²) in [7, 11) is 1.70. The van der Waals surface area contributed by atoms with Crippen molar-refractivity contribution >= 4 is 5.71 Å². The van der Waals surface area contributed by atoms with Crippen LogP contribution in [0.3, 0.4) is 0 Å². The minimum Gasteiger partial charge on any atom is -0.492 e. The molecule has 6 heteroatoms. The first kappa shape index (κ1) is 28.1. The quantitative estimate of drug-likeness (QED) is 0.616. The number of aliphatic hydroxyl groups excluding tert-OH is 2. The van der Waals surface area contributed by atoms with E-state index in [1.165, 1.54) is 0 Å². The van der Waals surface area contributed by atoms with Gasteiger partial charge in [0, 0.05) is 31.2 Å². The van der Waals surface area contributed by atoms with Crippen molar-refractivity contribution < 1.29 is 24.8 Å². The number of ether oxygens (including phenoxy) is 2. The summed E-state index contributed by atoms with van der Waals surface area (Å²) in [5, 5.41) is 33.6. The van der Waals surface area contributed by atoms with E-state index in [4.69, 9.17) is 14.5 Å². The number of hydrogen-bond donors (Lipinski definition) is 3. The van der Waals surface area contributed by atoms with Crippen LogP contribution < -0.4 is 0 Å². The second-order valence-corrected chi connectivity index (χ2v) is 10.1. The van der Waals surface area contributed by atoms with Crippen molar-refractivity contribution in [3.8, 4) is 0 Å². The zero-order valence-electron chi connectivity index (χ0n) is 21.2. The summed E-state index contributed by atoms with van der Waals surface area (Å²) in [6.45, 7) is 20.1. The normalized spacial score (nSPS) is 45.2. The first-order valence-electron chi connectivity index (χ1n) is 11.8. The molecule has 1 heterocycles. The average Bonchev–Trinajstić information content (AvgIpc) is 2.72. The predicted octanol–water partition coefficient (Wildman–Crippen LogP) is 3.97. The van der Waals surface area contributed by atoms with E-state index in [0.29, 0.717) is 31.6 Å². The maximum absolute atomic E-state index is 11.4. The SMILES string of the molecule is C=C1O[C@H](CC)[C@@](C)(O)C(O)C(C)C(=NCC)[C@H](C)C[C@@](C)(OC)C[C@@H](C)[C@H](O)C1C. The summed E-state index contributed by atoms with van der Waals surface area (Å²) < 4.78 is 12.0. The fourth-order valence-electron chi connectivity index (χ4n) is 5.18. The van der Waals surface area contributed by atoms with Crippen LogP contribution in [0.15, 0.2) is 17.3 Å². The summed E-state index contributed by atoms with van der Waals surface area (Å²) >= 11 is 0. The van der Waals surface area contributed by atoms with Crippen LogP contribution in [-0.2, 0) is 9.47 Å². The van der Waals surface area contributed by atoms with Gasteiger partial charge in [0.1, 0.15) is 11.7 Å². The van der Waals surface area contributed by atoms with Crippen LogP contribution in [0.1, 0.15) is 74.7 Å². The van der Waals surface area contributed by atoms with Gasteiger partial charge in [-0.25, -0.2) is 0 Å². The minimum absolute atomic E-state index is 0.0333. The van der Waals surface area contributed by atoms with Crippen LogP contribution in [0.5, 0.6) is 0 Å². The lowest BCUT2D eigenvalue weighted by Crippen LogP contribution is -2.55. The van der Waals surface area contributed by atoms with Gasteiger partial charge in [0.2, 0.25) is 0 Å². The molecule has 1 fully saturated rings. The molecule has 9 atom stereocenters. The summed E-state index contributed by atoms with van der Waals surface area (Å²) in [5.41, 5.74) is -1.12. The van der Waals surface area contributed by atoms with Gasteiger partial charge in [-0.2, -0.15) is 0 Å². The van der Waals surface area contributed by atoms with Crippen LogP contribution in [0.4, 0.5) is 0 Å². The van der Waals surface area contributed by atoms with Crippen LogP contribution in [0.2, 0.25) is 0 Å². The fourth-order valence-corrected chi connectivity index (χ4v) is 5.18. The Kier molecular flexibility index (Phi) is 10.2. The number of nitrogens with zero attached hydrogens (tertiary/aromatic N) is 1. The highest BCUT2D eigenvalue weighted by Gasteiger charge is 2.46. The summed E-state index contributed by atoms with van der Waals surface area (Å²) in [5.74, 6) is -0.289. The molecule has 6 nitrogen and oxygen atoms in total. The third-order valence-corrected chi connectivity index (χ3v) is 7.29. The maximum atomic E-state index is 11.4. The van der Waals surface area contributed by atoms with Gasteiger partial charge in [-0.3, -0.25) is 4.99 Å². The van der Waals surface area contributed by atoms with E-state index in [0.717, 1.165) is 5.71 Å². The van der Waals surface area contributed by atoms with Gasteiger partial charge >= 0.3 is 0 Å². The molecular weight excluding hydrogens is 394 g/mol. The van der Waals surface area contributed by atoms with Crippen molar-refractivity contribution in [3.05, 3.63) is 12.3 Å². The van der Waals surface area contributed by atoms with Crippen LogP contribution in [-0.4, -0.2) is 64.2 Å². The molecule has 0 aromatic carbocycles. The fraction of sp³-hybridized carbons (Fsp3) is 0.880. The molecule has 0 bridgehead atoms. The number of aliphatic hydroxyl groups is 3. The van der Waals surface area contributed by atoms with Crippen molar-refractivity contribution in [2.24, 2.45) is 28.7 Å². The van der Waals surface area contributed by atoms with Crippen molar-refractivity contribution in [3.63, 3.8) is 0 Å². The van der Waals surface area contributed by atoms with Gasteiger partial charge in [0.25, 0.3) is 0 Å². The molecule has 1 saturated heterocycles. The first-order valence-corrected chi connectivity index (χ1v) is 11.8. The van der Waals surface area contributed by atoms with Crippen molar-refractivity contribution in [2.75, 3.05) is 13.7 Å². The number of rotatable bonds is 3. The molecule has 182 valence electrons. The van der Waals surface area contributed by atoms with E-state index in [1.807, 2.05) is 34.6 Å². The van der Waals surface area contributed by atoms with Crippen molar-refractivity contribution in [1.29, 1.82) is 0 Å². The zero-order chi connectivity index (χ0) is 24.1. The van der Waals surface area contributed by atoms with Crippen LogP contribution in [0, 0.1) is 23.7 Å². The molecular formula is C25H47NO5. The molecule has 3 unspecified atom stereocenters. The molecule has 0 aromatic heterocycles. The lowest BCUT2D eigenvalue weighted by atomic mass is 9.74. The lowest BCUT2D eigenvalue weighted by molar-refractivity contribution is -0.156. The van der Waals surface area contributed by atoms with Gasteiger partial charge in [0.15, 0.2) is 0 Å². The Labute approximate surface area is 189 Å². The van der Waals surface area contributed by atoms with Gasteiger partial charge < -0.3 is 24.8 Å². The van der Waals surface area contributed by atoms with E-state index in [9.17, 15) is 15.3 Å². The number of aliphatic imine (C=N–C) groups is 1. The molecule has 1 aliphatic rings. The predicted molar refractivity (Wildman–Crippen MR) is 126 cm³/mol. The number of hydrogen-bond acceptors (Lipinski definition) is 6. The Morgan fingerprint density at radius 2 is 1.68 bits per heavy atom. The Morgan fingerprint density at radius 3 is 2.16 bits per heavy atom. The largest absolute Gasteiger partial charge is 0.492 e.